The zero-order chi connectivity index (χ0) is 18.0. The van der Waals surface area contributed by atoms with Crippen molar-refractivity contribution in [1.82, 2.24) is 15.3 Å². The van der Waals surface area contributed by atoms with E-state index in [0.29, 0.717) is 12.1 Å². The molecule has 1 heterocycles. The zero-order valence-corrected chi connectivity index (χ0v) is 15.0. The summed E-state index contributed by atoms with van der Waals surface area (Å²) in [5, 5.41) is 2.97. The average Bonchev–Trinajstić information content (AvgIpc) is 3.06. The summed E-state index contributed by atoms with van der Waals surface area (Å²) in [6.45, 7) is 6.90. The minimum absolute atomic E-state index is 0.0307. The smallest absolute Gasteiger partial charge is 0.251 e. The fourth-order valence-corrected chi connectivity index (χ4v) is 2.81. The Hall–Kier alpha value is -2.82. The van der Waals surface area contributed by atoms with Gasteiger partial charge in [0.05, 0.1) is 24.5 Å². The van der Waals surface area contributed by atoms with Crippen molar-refractivity contribution in [3.05, 3.63) is 59.4 Å². The molecule has 2 aromatic carbocycles. The highest BCUT2D eigenvalue weighted by Gasteiger charge is 2.19. The van der Waals surface area contributed by atoms with Gasteiger partial charge in [-0.05, 0) is 46.9 Å². The third kappa shape index (κ3) is 3.65. The van der Waals surface area contributed by atoms with Crippen LogP contribution in [0.2, 0.25) is 0 Å². The number of amides is 1. The lowest BCUT2D eigenvalue weighted by Crippen LogP contribution is -2.23. The Kier molecular flexibility index (Phi) is 4.49. The maximum Gasteiger partial charge on any atom is 0.251 e. The highest BCUT2D eigenvalue weighted by Crippen LogP contribution is 2.32. The second-order valence-electron chi connectivity index (χ2n) is 7.10. The van der Waals surface area contributed by atoms with Crippen LogP contribution in [0.5, 0.6) is 5.75 Å². The number of carbonyl (C=O) groups is 1. The van der Waals surface area contributed by atoms with Gasteiger partial charge >= 0.3 is 0 Å². The van der Waals surface area contributed by atoms with E-state index < -0.39 is 0 Å². The first kappa shape index (κ1) is 17.0. The molecule has 1 aromatic heterocycles. The average molecular weight is 337 g/mol. The number of aromatic amines is 1. The van der Waals surface area contributed by atoms with E-state index in [4.69, 9.17) is 4.74 Å². The number of ether oxygens (including phenoxy) is 1. The summed E-state index contributed by atoms with van der Waals surface area (Å²) in [6, 6.07) is 11.5. The van der Waals surface area contributed by atoms with Crippen LogP contribution in [-0.4, -0.2) is 23.0 Å². The maximum absolute atomic E-state index is 12.4. The Morgan fingerprint density at radius 1 is 1.20 bits per heavy atom. The third-order valence-corrected chi connectivity index (χ3v) is 4.21. The van der Waals surface area contributed by atoms with Crippen LogP contribution in [-0.2, 0) is 12.0 Å². The molecule has 5 heteroatoms. The summed E-state index contributed by atoms with van der Waals surface area (Å²) in [7, 11) is 1.68. The molecular weight excluding hydrogens is 314 g/mol. The first-order chi connectivity index (χ1) is 11.9. The lowest BCUT2D eigenvalue weighted by atomic mass is 9.85. The van der Waals surface area contributed by atoms with Crippen LogP contribution in [0.3, 0.4) is 0 Å². The lowest BCUT2D eigenvalue weighted by molar-refractivity contribution is 0.0951. The molecule has 3 rings (SSSR count). The quantitative estimate of drug-likeness (QED) is 0.761. The van der Waals surface area contributed by atoms with E-state index in [9.17, 15) is 4.79 Å². The van der Waals surface area contributed by atoms with Crippen LogP contribution >= 0.6 is 0 Å². The summed E-state index contributed by atoms with van der Waals surface area (Å²) in [5.74, 6) is 0.761. The Labute approximate surface area is 147 Å². The third-order valence-electron chi connectivity index (χ3n) is 4.21. The number of methoxy groups -OCH3 is 1. The molecule has 2 N–H and O–H groups in total. The molecule has 25 heavy (non-hydrogen) atoms. The van der Waals surface area contributed by atoms with Crippen molar-refractivity contribution in [2.45, 2.75) is 32.7 Å². The molecule has 0 bridgehead atoms. The van der Waals surface area contributed by atoms with Gasteiger partial charge in [0, 0.05) is 12.1 Å². The molecule has 0 aliphatic rings. The van der Waals surface area contributed by atoms with Gasteiger partial charge in [-0.1, -0.05) is 26.8 Å². The second-order valence-corrected chi connectivity index (χ2v) is 7.10. The highest BCUT2D eigenvalue weighted by atomic mass is 16.5. The topological polar surface area (TPSA) is 67.0 Å². The lowest BCUT2D eigenvalue weighted by Gasteiger charge is -2.23. The number of hydrogen-bond donors (Lipinski definition) is 2. The predicted octanol–water partition coefficient (Wildman–Crippen LogP) is 3.80. The fourth-order valence-electron chi connectivity index (χ4n) is 2.81. The van der Waals surface area contributed by atoms with Crippen LogP contribution < -0.4 is 10.1 Å². The van der Waals surface area contributed by atoms with Crippen molar-refractivity contribution in [2.24, 2.45) is 0 Å². The number of nitrogens with one attached hydrogen (secondary N) is 2. The van der Waals surface area contributed by atoms with Crippen molar-refractivity contribution in [3.8, 4) is 5.75 Å². The van der Waals surface area contributed by atoms with E-state index in [2.05, 4.69) is 42.1 Å². The molecule has 1 amide bonds. The van der Waals surface area contributed by atoms with Crippen LogP contribution in [0, 0.1) is 0 Å². The number of imidazole rings is 1. The Morgan fingerprint density at radius 2 is 2.00 bits per heavy atom. The molecule has 3 aromatic rings. The monoisotopic (exact) mass is 337 g/mol. The van der Waals surface area contributed by atoms with E-state index >= 15 is 0 Å². The summed E-state index contributed by atoms with van der Waals surface area (Å²) < 4.78 is 5.46. The molecule has 5 nitrogen and oxygen atoms in total. The Balaban J connectivity index is 1.75. The molecular formula is C20H23N3O2. The molecule has 0 radical (unpaired) electrons. The van der Waals surface area contributed by atoms with Crippen molar-refractivity contribution < 1.29 is 9.53 Å². The Morgan fingerprint density at radius 3 is 2.72 bits per heavy atom. The van der Waals surface area contributed by atoms with Gasteiger partial charge in [0.15, 0.2) is 0 Å². The number of carbonyl (C=O) groups excluding carboxylic acids is 1. The van der Waals surface area contributed by atoms with Crippen LogP contribution in [0.1, 0.15) is 42.3 Å². The fraction of sp³-hybridized carbons (Fsp3) is 0.300. The normalized spacial score (nSPS) is 11.5. The van der Waals surface area contributed by atoms with Crippen LogP contribution in [0.25, 0.3) is 11.0 Å². The molecule has 0 fully saturated rings. The maximum atomic E-state index is 12.4. The molecule has 0 aliphatic heterocycles. The number of rotatable bonds is 4. The SMILES string of the molecule is COc1ccc(CNC(=O)c2ccc3nc[nH]c3c2)cc1C(C)(C)C. The summed E-state index contributed by atoms with van der Waals surface area (Å²) >= 11 is 0. The largest absolute Gasteiger partial charge is 0.496 e. The van der Waals surface area contributed by atoms with Crippen molar-refractivity contribution in [2.75, 3.05) is 7.11 Å². The summed E-state index contributed by atoms with van der Waals surface area (Å²) in [4.78, 5) is 19.6. The highest BCUT2D eigenvalue weighted by molar-refractivity contribution is 5.97. The minimum atomic E-state index is -0.107. The molecule has 0 saturated heterocycles. The molecule has 0 saturated carbocycles. The van der Waals surface area contributed by atoms with Crippen LogP contribution in [0.15, 0.2) is 42.7 Å². The summed E-state index contributed by atoms with van der Waals surface area (Å²) in [5.41, 5.74) is 4.45. The van der Waals surface area contributed by atoms with Gasteiger partial charge in [0.2, 0.25) is 0 Å². The zero-order valence-electron chi connectivity index (χ0n) is 15.0. The number of H-pyrrole nitrogens is 1. The molecule has 0 spiro atoms. The number of fused-ring (bicyclic) bond motifs is 1. The van der Waals surface area contributed by atoms with Crippen molar-refractivity contribution in [1.29, 1.82) is 0 Å². The van der Waals surface area contributed by atoms with E-state index in [1.54, 1.807) is 19.5 Å². The van der Waals surface area contributed by atoms with Gasteiger partial charge in [-0.2, -0.15) is 0 Å². The number of benzene rings is 2. The van der Waals surface area contributed by atoms with Gasteiger partial charge in [-0.25, -0.2) is 4.98 Å². The van der Waals surface area contributed by atoms with Gasteiger partial charge in [-0.3, -0.25) is 4.79 Å². The number of hydrogen-bond acceptors (Lipinski definition) is 3. The molecule has 0 atom stereocenters. The molecule has 130 valence electrons. The van der Waals surface area contributed by atoms with Gasteiger partial charge < -0.3 is 15.0 Å². The minimum Gasteiger partial charge on any atom is -0.496 e. The van der Waals surface area contributed by atoms with Gasteiger partial charge in [-0.15, -0.1) is 0 Å². The molecule has 0 aliphatic carbocycles. The standard InChI is InChI=1S/C20H23N3O2/c1-20(2,3)15-9-13(5-8-18(15)25-4)11-21-19(24)14-6-7-16-17(10-14)23-12-22-16/h5-10,12H,11H2,1-4H3,(H,21,24)(H,22,23). The molecule has 0 unspecified atom stereocenters. The Bertz CT molecular complexity index is 907. The number of nitrogens with zero attached hydrogens (tertiary/aromatic N) is 1. The summed E-state index contributed by atoms with van der Waals surface area (Å²) in [6.07, 6.45) is 1.62. The van der Waals surface area contributed by atoms with Crippen molar-refractivity contribution in [3.63, 3.8) is 0 Å². The first-order valence-corrected chi connectivity index (χ1v) is 8.27. The first-order valence-electron chi connectivity index (χ1n) is 8.27. The van der Waals surface area contributed by atoms with E-state index in [0.717, 1.165) is 27.9 Å². The van der Waals surface area contributed by atoms with E-state index in [1.165, 1.54) is 0 Å². The number of aromatic nitrogens is 2. The van der Waals surface area contributed by atoms with Crippen molar-refractivity contribution >= 4 is 16.9 Å². The van der Waals surface area contributed by atoms with E-state index in [-0.39, 0.29) is 11.3 Å². The second kappa shape index (κ2) is 6.59. The van der Waals surface area contributed by atoms with Crippen LogP contribution in [0.4, 0.5) is 0 Å². The van der Waals surface area contributed by atoms with Gasteiger partial charge in [0.1, 0.15) is 5.75 Å². The van der Waals surface area contributed by atoms with Gasteiger partial charge in [0.25, 0.3) is 5.91 Å². The van der Waals surface area contributed by atoms with E-state index in [1.807, 2.05) is 24.3 Å². The predicted molar refractivity (Wildman–Crippen MR) is 99.0 cm³/mol.